The molecule has 0 spiro atoms. The largest absolute Gasteiger partial charge is 0.459 e. The van der Waals surface area contributed by atoms with Crippen LogP contribution in [0.5, 0.6) is 0 Å². The number of aromatic nitrogens is 1. The van der Waals surface area contributed by atoms with Gasteiger partial charge in [0, 0.05) is 18.4 Å². The number of fused-ring (bicyclic) bond motifs is 1. The molecular weight excluding hydrogens is 803 g/mol. The highest BCUT2D eigenvalue weighted by Gasteiger charge is 2.34. The SMILES string of the molecule is CCCCCCCCCC(=O)OC(CN(CC1CCCCC1)NC(=O)C(NC(=O)OC)C(C)C)C(Cc1ccccc1)NC(=O)C(N)CC(=O)NC(=O)c1ccc2ccccc2n1. The third kappa shape index (κ3) is 17.7. The Morgan fingerprint density at radius 3 is 2.21 bits per heavy atom. The molecule has 344 valence electrons. The van der Waals surface area contributed by atoms with Crippen LogP contribution in [-0.2, 0) is 35.1 Å². The second-order valence-electron chi connectivity index (χ2n) is 17.0. The monoisotopic (exact) mass is 872 g/mol. The van der Waals surface area contributed by atoms with E-state index in [9.17, 15) is 28.8 Å². The van der Waals surface area contributed by atoms with Crippen LogP contribution in [0.25, 0.3) is 10.9 Å². The third-order valence-corrected chi connectivity index (χ3v) is 11.4. The second-order valence-corrected chi connectivity index (χ2v) is 17.0. The highest BCUT2D eigenvalue weighted by Crippen LogP contribution is 2.25. The Bertz CT molecular complexity index is 1920. The average Bonchev–Trinajstić information content (AvgIpc) is 3.27. The molecule has 0 bridgehead atoms. The molecule has 15 heteroatoms. The number of ether oxygens (including phenoxy) is 2. The van der Waals surface area contributed by atoms with Crippen LogP contribution in [0.15, 0.2) is 66.7 Å². The molecule has 4 rings (SSSR count). The minimum atomic E-state index is -1.38. The molecule has 5 amide bonds. The zero-order valence-corrected chi connectivity index (χ0v) is 37.6. The Balaban J connectivity index is 1.58. The van der Waals surface area contributed by atoms with Gasteiger partial charge in [0.05, 0.1) is 37.7 Å². The maximum absolute atomic E-state index is 14.0. The van der Waals surface area contributed by atoms with Gasteiger partial charge in [-0.25, -0.2) is 14.8 Å². The third-order valence-electron chi connectivity index (χ3n) is 11.4. The van der Waals surface area contributed by atoms with E-state index in [0.29, 0.717) is 18.5 Å². The number of nitrogens with one attached hydrogen (secondary N) is 4. The van der Waals surface area contributed by atoms with Gasteiger partial charge in [0.15, 0.2) is 0 Å². The molecular formula is C48H69N7O8. The molecule has 1 aliphatic rings. The van der Waals surface area contributed by atoms with Crippen molar-refractivity contribution in [1.82, 2.24) is 31.4 Å². The molecule has 1 aliphatic carbocycles. The van der Waals surface area contributed by atoms with Gasteiger partial charge in [-0.05, 0) is 55.2 Å². The molecule has 0 radical (unpaired) electrons. The van der Waals surface area contributed by atoms with Gasteiger partial charge in [0.1, 0.15) is 17.8 Å². The Morgan fingerprint density at radius 2 is 1.51 bits per heavy atom. The van der Waals surface area contributed by atoms with Crippen LogP contribution in [0.3, 0.4) is 0 Å². The fourth-order valence-corrected chi connectivity index (χ4v) is 7.87. The lowest BCUT2D eigenvalue weighted by atomic mass is 9.89. The summed E-state index contributed by atoms with van der Waals surface area (Å²) >= 11 is 0. The summed E-state index contributed by atoms with van der Waals surface area (Å²) < 4.78 is 11.1. The number of alkyl carbamates (subject to hydrolysis) is 1. The summed E-state index contributed by atoms with van der Waals surface area (Å²) in [6.07, 6.45) is 10.3. The number of carbonyl (C=O) groups is 6. The smallest absolute Gasteiger partial charge is 0.407 e. The van der Waals surface area contributed by atoms with Crippen molar-refractivity contribution in [3.63, 3.8) is 0 Å². The van der Waals surface area contributed by atoms with E-state index in [-0.39, 0.29) is 36.9 Å². The van der Waals surface area contributed by atoms with Gasteiger partial charge in [-0.1, -0.05) is 133 Å². The van der Waals surface area contributed by atoms with Crippen LogP contribution < -0.4 is 27.1 Å². The number of unbranched alkanes of at least 4 members (excludes halogenated alkanes) is 6. The summed E-state index contributed by atoms with van der Waals surface area (Å²) in [5.74, 6) is -3.16. The lowest BCUT2D eigenvalue weighted by molar-refractivity contribution is -0.154. The maximum Gasteiger partial charge on any atom is 0.407 e. The number of nitrogens with zero attached hydrogens (tertiary/aromatic N) is 2. The summed E-state index contributed by atoms with van der Waals surface area (Å²) in [7, 11) is 1.23. The van der Waals surface area contributed by atoms with E-state index in [2.05, 4.69) is 33.3 Å². The number of pyridine rings is 1. The van der Waals surface area contributed by atoms with Crippen molar-refractivity contribution in [1.29, 1.82) is 0 Å². The standard InChI is InChI=1S/C48H69N7O8/c1-5-6-7-8-9-10-17-26-43(57)63-41(32-55(31-35-22-15-12-16-23-35)54-47(60)44(33(2)3)53-48(61)62-4)40(29-34-20-13-11-14-21-34)51-45(58)37(49)30-42(56)52-46(59)39-28-27-36-24-18-19-25-38(36)50-39/h11,13-14,18-21,24-25,27-28,33,35,37,40-41,44H,5-10,12,15-17,22-23,26,29-32,49H2,1-4H3,(H,51,58)(H,53,61)(H,54,60)(H,52,56,59). The summed E-state index contributed by atoms with van der Waals surface area (Å²) in [6, 6.07) is 16.7. The van der Waals surface area contributed by atoms with Crippen molar-refractivity contribution in [2.24, 2.45) is 17.6 Å². The van der Waals surface area contributed by atoms with Gasteiger partial charge in [0.25, 0.3) is 11.8 Å². The number of carbonyl (C=O) groups excluding carboxylic acids is 6. The summed E-state index contributed by atoms with van der Waals surface area (Å²) in [5.41, 5.74) is 10.8. The van der Waals surface area contributed by atoms with Crippen LogP contribution in [-0.4, -0.2) is 90.1 Å². The Kier molecular flexibility index (Phi) is 21.5. The molecule has 4 unspecified atom stereocenters. The molecule has 63 heavy (non-hydrogen) atoms. The molecule has 1 fully saturated rings. The maximum atomic E-state index is 14.0. The lowest BCUT2D eigenvalue weighted by Gasteiger charge is -2.36. The van der Waals surface area contributed by atoms with Crippen molar-refractivity contribution in [3.8, 4) is 0 Å². The van der Waals surface area contributed by atoms with Crippen molar-refractivity contribution in [2.75, 3.05) is 20.2 Å². The average molecular weight is 872 g/mol. The number of para-hydroxylation sites is 1. The molecule has 6 N–H and O–H groups in total. The van der Waals surface area contributed by atoms with Gasteiger partial charge >= 0.3 is 12.1 Å². The Hall–Kier alpha value is -5.41. The molecule has 15 nitrogen and oxygen atoms in total. The fraction of sp³-hybridized carbons (Fsp3) is 0.562. The number of amides is 5. The number of imide groups is 1. The van der Waals surface area contributed by atoms with Crippen LogP contribution in [0.4, 0.5) is 4.79 Å². The predicted molar refractivity (Wildman–Crippen MR) is 242 cm³/mol. The molecule has 1 heterocycles. The van der Waals surface area contributed by atoms with E-state index in [4.69, 9.17) is 15.2 Å². The topological polar surface area (TPSA) is 211 Å². The summed E-state index contributed by atoms with van der Waals surface area (Å²) in [6.45, 7) is 6.22. The molecule has 0 aliphatic heterocycles. The van der Waals surface area contributed by atoms with Crippen LogP contribution in [0.2, 0.25) is 0 Å². The molecule has 2 aromatic carbocycles. The van der Waals surface area contributed by atoms with Crippen molar-refractivity contribution in [2.45, 2.75) is 141 Å². The zero-order valence-electron chi connectivity index (χ0n) is 37.6. The normalized spacial score (nSPS) is 14.9. The number of hydrogen-bond acceptors (Lipinski definition) is 11. The van der Waals surface area contributed by atoms with E-state index in [1.807, 2.05) is 56.3 Å². The number of rotatable bonds is 25. The van der Waals surface area contributed by atoms with E-state index < -0.39 is 66.3 Å². The van der Waals surface area contributed by atoms with E-state index >= 15 is 0 Å². The number of hydrazine groups is 1. The highest BCUT2D eigenvalue weighted by atomic mass is 16.5. The second kappa shape index (κ2) is 26.9. The van der Waals surface area contributed by atoms with Crippen LogP contribution >= 0.6 is 0 Å². The van der Waals surface area contributed by atoms with Crippen molar-refractivity contribution in [3.05, 3.63) is 78.0 Å². The molecule has 4 atom stereocenters. The number of hydrogen-bond donors (Lipinski definition) is 5. The first-order valence-corrected chi connectivity index (χ1v) is 22.8. The van der Waals surface area contributed by atoms with Crippen LogP contribution in [0, 0.1) is 11.8 Å². The molecule has 0 saturated heterocycles. The fourth-order valence-electron chi connectivity index (χ4n) is 7.87. The van der Waals surface area contributed by atoms with Gasteiger partial charge in [-0.3, -0.25) is 34.7 Å². The van der Waals surface area contributed by atoms with E-state index in [0.717, 1.165) is 75.2 Å². The Labute approximate surface area is 372 Å². The van der Waals surface area contributed by atoms with Crippen LogP contribution in [0.1, 0.15) is 127 Å². The highest BCUT2D eigenvalue weighted by molar-refractivity contribution is 6.05. The minimum Gasteiger partial charge on any atom is -0.459 e. The van der Waals surface area contributed by atoms with E-state index in [1.165, 1.54) is 19.6 Å². The van der Waals surface area contributed by atoms with E-state index in [1.54, 1.807) is 23.2 Å². The number of nitrogens with two attached hydrogens (primary N) is 1. The first kappa shape index (κ1) is 50.2. The molecule has 1 saturated carbocycles. The minimum absolute atomic E-state index is 0.00516. The lowest BCUT2D eigenvalue weighted by Crippen LogP contribution is -2.60. The van der Waals surface area contributed by atoms with Gasteiger partial charge < -0.3 is 25.8 Å². The molecule has 1 aromatic heterocycles. The van der Waals surface area contributed by atoms with Crippen molar-refractivity contribution < 1.29 is 38.2 Å². The van der Waals surface area contributed by atoms with Gasteiger partial charge in [-0.2, -0.15) is 0 Å². The number of methoxy groups -OCH3 is 1. The predicted octanol–water partition coefficient (Wildman–Crippen LogP) is 6.28. The zero-order chi connectivity index (χ0) is 45.6. The van der Waals surface area contributed by atoms with Gasteiger partial charge in [-0.15, -0.1) is 0 Å². The first-order valence-electron chi connectivity index (χ1n) is 22.8. The van der Waals surface area contributed by atoms with Crippen molar-refractivity contribution >= 4 is 46.6 Å². The number of esters is 1. The number of benzene rings is 2. The first-order chi connectivity index (χ1) is 30.4. The molecule has 3 aromatic rings. The Morgan fingerprint density at radius 1 is 0.825 bits per heavy atom. The quantitative estimate of drug-likeness (QED) is 0.0363. The summed E-state index contributed by atoms with van der Waals surface area (Å²) in [4.78, 5) is 84.4. The summed E-state index contributed by atoms with van der Waals surface area (Å²) in [5, 5.41) is 10.5. The van der Waals surface area contributed by atoms with Gasteiger partial charge in [0.2, 0.25) is 11.8 Å².